The van der Waals surface area contributed by atoms with Gasteiger partial charge in [-0.3, -0.25) is 4.79 Å². The van der Waals surface area contributed by atoms with Gasteiger partial charge in [-0.25, -0.2) is 13.1 Å². The van der Waals surface area contributed by atoms with E-state index in [-0.39, 0.29) is 17.1 Å². The largest absolute Gasteiger partial charge is 0.364 e. The van der Waals surface area contributed by atoms with Crippen LogP contribution in [0, 0.1) is 0 Å². The number of hydrogen-bond acceptors (Lipinski definition) is 3. The average Bonchev–Trinajstić information content (AvgIpc) is 2.93. The predicted octanol–water partition coefficient (Wildman–Crippen LogP) is 3.05. The number of hydrogen-bond donors (Lipinski definition) is 3. The Kier molecular flexibility index (Phi) is 4.75. The fourth-order valence-electron chi connectivity index (χ4n) is 2.49. The van der Waals surface area contributed by atoms with Crippen molar-refractivity contribution in [1.29, 1.82) is 0 Å². The third-order valence-corrected chi connectivity index (χ3v) is 5.54. The van der Waals surface area contributed by atoms with Crippen LogP contribution in [0.15, 0.2) is 47.4 Å². The number of nitrogens with two attached hydrogens (primary N) is 1. The molecule has 0 bridgehead atoms. The minimum atomic E-state index is -4.03. The van der Waals surface area contributed by atoms with E-state index in [0.717, 1.165) is 0 Å². The highest BCUT2D eigenvalue weighted by molar-refractivity contribution is 7.89. The Labute approximate surface area is 154 Å². The molecule has 0 spiro atoms. The van der Waals surface area contributed by atoms with Crippen molar-refractivity contribution in [1.82, 2.24) is 9.71 Å². The molecule has 0 atom stereocenters. The quantitative estimate of drug-likeness (QED) is 0.615. The Morgan fingerprint density at radius 3 is 2.52 bits per heavy atom. The number of sulfonamides is 1. The van der Waals surface area contributed by atoms with Crippen LogP contribution in [-0.4, -0.2) is 19.3 Å². The number of benzene rings is 2. The Bertz CT molecular complexity index is 1080. The van der Waals surface area contributed by atoms with Crippen molar-refractivity contribution < 1.29 is 13.2 Å². The van der Waals surface area contributed by atoms with Gasteiger partial charge in [0.05, 0.1) is 0 Å². The van der Waals surface area contributed by atoms with E-state index in [0.29, 0.717) is 26.5 Å². The topological polar surface area (TPSA) is 105 Å². The number of carbonyl (C=O) groups is 1. The lowest BCUT2D eigenvalue weighted by Gasteiger charge is -2.08. The van der Waals surface area contributed by atoms with E-state index in [2.05, 4.69) is 9.71 Å². The van der Waals surface area contributed by atoms with Gasteiger partial charge in [-0.05, 0) is 35.9 Å². The second-order valence-corrected chi connectivity index (χ2v) is 7.91. The molecule has 0 radical (unpaired) electrons. The standard InChI is InChI=1S/C16H13Cl2N3O3S/c17-10-3-1-2-9(6-10)8-20-25(23,24)15-12-7-11(18)4-5-13(12)21-14(15)16(19)22/h1-7,20-21H,8H2,(H2,19,22). The maximum atomic E-state index is 12.8. The van der Waals surface area contributed by atoms with Gasteiger partial charge in [0.2, 0.25) is 10.0 Å². The zero-order valence-corrected chi connectivity index (χ0v) is 15.0. The van der Waals surface area contributed by atoms with E-state index in [1.807, 2.05) is 0 Å². The summed E-state index contributed by atoms with van der Waals surface area (Å²) in [4.78, 5) is 14.2. The molecule has 130 valence electrons. The summed E-state index contributed by atoms with van der Waals surface area (Å²) < 4.78 is 28.0. The summed E-state index contributed by atoms with van der Waals surface area (Å²) in [6.07, 6.45) is 0. The number of amides is 1. The van der Waals surface area contributed by atoms with Crippen LogP contribution in [0.1, 0.15) is 16.1 Å². The first-order valence-corrected chi connectivity index (χ1v) is 9.37. The van der Waals surface area contributed by atoms with Crippen LogP contribution in [0.5, 0.6) is 0 Å². The molecule has 1 heterocycles. The van der Waals surface area contributed by atoms with Crippen molar-refractivity contribution in [2.75, 3.05) is 0 Å². The maximum Gasteiger partial charge on any atom is 0.266 e. The van der Waals surface area contributed by atoms with Crippen molar-refractivity contribution in [2.24, 2.45) is 5.73 Å². The van der Waals surface area contributed by atoms with E-state index < -0.39 is 15.9 Å². The second-order valence-electron chi connectivity index (χ2n) is 5.34. The first-order valence-electron chi connectivity index (χ1n) is 7.13. The number of primary amides is 1. The molecule has 0 aliphatic rings. The summed E-state index contributed by atoms with van der Waals surface area (Å²) >= 11 is 11.9. The number of fused-ring (bicyclic) bond motifs is 1. The number of halogens is 2. The molecule has 0 aliphatic carbocycles. The van der Waals surface area contributed by atoms with Crippen LogP contribution in [0.25, 0.3) is 10.9 Å². The molecule has 6 nitrogen and oxygen atoms in total. The monoisotopic (exact) mass is 397 g/mol. The summed E-state index contributed by atoms with van der Waals surface area (Å²) in [6.45, 7) is 0.00827. The highest BCUT2D eigenvalue weighted by atomic mass is 35.5. The summed E-state index contributed by atoms with van der Waals surface area (Å²) in [6, 6.07) is 11.4. The highest BCUT2D eigenvalue weighted by Gasteiger charge is 2.27. The normalized spacial score (nSPS) is 11.8. The van der Waals surface area contributed by atoms with Crippen LogP contribution in [0.2, 0.25) is 10.0 Å². The third-order valence-electron chi connectivity index (χ3n) is 3.58. The van der Waals surface area contributed by atoms with E-state index in [1.54, 1.807) is 36.4 Å². The zero-order valence-electron chi connectivity index (χ0n) is 12.7. The molecule has 1 amide bonds. The fraction of sp³-hybridized carbons (Fsp3) is 0.0625. The molecule has 2 aromatic carbocycles. The molecule has 4 N–H and O–H groups in total. The van der Waals surface area contributed by atoms with Gasteiger partial charge in [0.1, 0.15) is 10.6 Å². The molecule has 3 aromatic rings. The third kappa shape index (κ3) is 3.64. The lowest BCUT2D eigenvalue weighted by molar-refractivity contribution is 0.0993. The first-order chi connectivity index (χ1) is 11.8. The molecule has 0 aliphatic heterocycles. The number of aromatic nitrogens is 1. The number of rotatable bonds is 5. The molecule has 9 heteroatoms. The smallest absolute Gasteiger partial charge is 0.266 e. The van der Waals surface area contributed by atoms with E-state index in [4.69, 9.17) is 28.9 Å². The van der Waals surface area contributed by atoms with Crippen molar-refractivity contribution >= 4 is 50.0 Å². The van der Waals surface area contributed by atoms with Gasteiger partial charge in [-0.2, -0.15) is 0 Å². The van der Waals surface area contributed by atoms with Gasteiger partial charge in [0, 0.05) is 27.5 Å². The van der Waals surface area contributed by atoms with Crippen LogP contribution in [-0.2, 0) is 16.6 Å². The fourth-order valence-corrected chi connectivity index (χ4v) is 4.25. The lowest BCUT2D eigenvalue weighted by atomic mass is 10.2. The molecule has 0 saturated carbocycles. The van der Waals surface area contributed by atoms with Gasteiger partial charge < -0.3 is 10.7 Å². The Morgan fingerprint density at radius 1 is 1.12 bits per heavy atom. The van der Waals surface area contributed by atoms with E-state index in [9.17, 15) is 13.2 Å². The minimum absolute atomic E-state index is 0.00827. The summed E-state index contributed by atoms with van der Waals surface area (Å²) in [5.41, 5.74) is 6.25. The van der Waals surface area contributed by atoms with E-state index >= 15 is 0 Å². The van der Waals surface area contributed by atoms with Crippen molar-refractivity contribution in [3.8, 4) is 0 Å². The molecule has 0 unspecified atom stereocenters. The minimum Gasteiger partial charge on any atom is -0.364 e. The maximum absolute atomic E-state index is 12.8. The molecular weight excluding hydrogens is 385 g/mol. The van der Waals surface area contributed by atoms with Crippen LogP contribution >= 0.6 is 23.2 Å². The van der Waals surface area contributed by atoms with Gasteiger partial charge >= 0.3 is 0 Å². The van der Waals surface area contributed by atoms with Crippen molar-refractivity contribution in [2.45, 2.75) is 11.4 Å². The zero-order chi connectivity index (χ0) is 18.2. The number of aromatic amines is 1. The summed E-state index contributed by atoms with van der Waals surface area (Å²) in [5, 5.41) is 1.13. The lowest BCUT2D eigenvalue weighted by Crippen LogP contribution is -2.26. The highest BCUT2D eigenvalue weighted by Crippen LogP contribution is 2.29. The van der Waals surface area contributed by atoms with E-state index in [1.165, 1.54) is 6.07 Å². The Balaban J connectivity index is 2.05. The van der Waals surface area contributed by atoms with Gasteiger partial charge in [-0.15, -0.1) is 0 Å². The molecule has 1 aromatic heterocycles. The van der Waals surface area contributed by atoms with Crippen LogP contribution < -0.4 is 10.5 Å². The Morgan fingerprint density at radius 2 is 1.84 bits per heavy atom. The number of carbonyl (C=O) groups excluding carboxylic acids is 1. The van der Waals surface area contributed by atoms with Gasteiger partial charge in [0.15, 0.2) is 0 Å². The molecule has 25 heavy (non-hydrogen) atoms. The average molecular weight is 398 g/mol. The predicted molar refractivity (Wildman–Crippen MR) is 97.3 cm³/mol. The summed E-state index contributed by atoms with van der Waals surface area (Å²) in [7, 11) is -4.03. The Hall–Kier alpha value is -2.06. The molecule has 0 fully saturated rings. The van der Waals surface area contributed by atoms with Gasteiger partial charge in [-0.1, -0.05) is 35.3 Å². The number of H-pyrrole nitrogens is 1. The van der Waals surface area contributed by atoms with Crippen LogP contribution in [0.4, 0.5) is 0 Å². The van der Waals surface area contributed by atoms with Gasteiger partial charge in [0.25, 0.3) is 5.91 Å². The number of nitrogens with one attached hydrogen (secondary N) is 2. The SMILES string of the molecule is NC(=O)c1[nH]c2ccc(Cl)cc2c1S(=O)(=O)NCc1cccc(Cl)c1. The molecule has 0 saturated heterocycles. The van der Waals surface area contributed by atoms with Crippen LogP contribution in [0.3, 0.4) is 0 Å². The summed E-state index contributed by atoms with van der Waals surface area (Å²) in [5.74, 6) is -0.879. The second kappa shape index (κ2) is 6.68. The molecular formula is C16H13Cl2N3O3S. The first kappa shape index (κ1) is 17.8. The van der Waals surface area contributed by atoms with Crippen molar-refractivity contribution in [3.63, 3.8) is 0 Å². The molecule has 3 rings (SSSR count). The van der Waals surface area contributed by atoms with Crippen molar-refractivity contribution in [3.05, 3.63) is 63.8 Å².